The number of aryl methyl sites for hydroxylation is 1. The highest BCUT2D eigenvalue weighted by atomic mass is 32.1. The van der Waals surface area contributed by atoms with Crippen molar-refractivity contribution in [3.63, 3.8) is 0 Å². The molecule has 1 fully saturated rings. The Balaban J connectivity index is 1.73. The second-order valence-corrected chi connectivity index (χ2v) is 7.53. The molecule has 5 heteroatoms. The van der Waals surface area contributed by atoms with Crippen molar-refractivity contribution in [2.75, 3.05) is 38.3 Å². The first-order chi connectivity index (χ1) is 10.1. The van der Waals surface area contributed by atoms with Crippen LogP contribution in [0.1, 0.15) is 37.3 Å². The fourth-order valence-corrected chi connectivity index (χ4v) is 3.06. The molecule has 0 radical (unpaired) electrons. The molecule has 0 spiro atoms. The number of hydrogen-bond acceptors (Lipinski definition) is 5. The summed E-state index contributed by atoms with van der Waals surface area (Å²) in [5.41, 5.74) is 1.15. The van der Waals surface area contributed by atoms with Gasteiger partial charge in [-0.2, -0.15) is 0 Å². The Hall–Kier alpha value is -0.650. The summed E-state index contributed by atoms with van der Waals surface area (Å²) in [6.07, 6.45) is 2.71. The van der Waals surface area contributed by atoms with Crippen molar-refractivity contribution < 1.29 is 4.74 Å². The van der Waals surface area contributed by atoms with E-state index in [-0.39, 0.29) is 0 Å². The summed E-state index contributed by atoms with van der Waals surface area (Å²) in [7, 11) is 2.10. The van der Waals surface area contributed by atoms with Gasteiger partial charge < -0.3 is 15.0 Å². The lowest BCUT2D eigenvalue weighted by atomic mass is 10.2. The fourth-order valence-electron chi connectivity index (χ4n) is 2.05. The molecular formula is C16H29N3OS. The van der Waals surface area contributed by atoms with Crippen molar-refractivity contribution in [1.82, 2.24) is 10.3 Å². The molecule has 4 nitrogen and oxygen atoms in total. The number of thiazole rings is 1. The van der Waals surface area contributed by atoms with Gasteiger partial charge in [0, 0.05) is 31.6 Å². The molecule has 1 aromatic rings. The second-order valence-electron chi connectivity index (χ2n) is 6.47. The van der Waals surface area contributed by atoms with Gasteiger partial charge in [-0.25, -0.2) is 4.98 Å². The van der Waals surface area contributed by atoms with E-state index in [9.17, 15) is 0 Å². The molecule has 21 heavy (non-hydrogen) atoms. The number of nitrogens with one attached hydrogen (secondary N) is 1. The van der Waals surface area contributed by atoms with Crippen molar-refractivity contribution in [3.05, 3.63) is 10.6 Å². The molecule has 2 rings (SSSR count). The van der Waals surface area contributed by atoms with Crippen LogP contribution in [0.15, 0.2) is 0 Å². The summed E-state index contributed by atoms with van der Waals surface area (Å²) in [6, 6.07) is 0. The molecule has 1 saturated carbocycles. The summed E-state index contributed by atoms with van der Waals surface area (Å²) in [5.74, 6) is 1.53. The summed E-state index contributed by atoms with van der Waals surface area (Å²) in [4.78, 5) is 8.23. The Labute approximate surface area is 132 Å². The lowest BCUT2D eigenvalue weighted by Gasteiger charge is -2.15. The molecule has 0 bridgehead atoms. The highest BCUT2D eigenvalue weighted by Crippen LogP contribution is 2.29. The first-order valence-electron chi connectivity index (χ1n) is 8.02. The molecule has 0 unspecified atom stereocenters. The third-order valence-corrected chi connectivity index (χ3v) is 4.94. The van der Waals surface area contributed by atoms with Crippen molar-refractivity contribution in [2.24, 2.45) is 11.8 Å². The van der Waals surface area contributed by atoms with Crippen LogP contribution < -0.4 is 10.2 Å². The third-order valence-electron chi connectivity index (χ3n) is 3.67. The van der Waals surface area contributed by atoms with Crippen LogP contribution in [0.3, 0.4) is 0 Å². The van der Waals surface area contributed by atoms with Gasteiger partial charge in [0.05, 0.1) is 12.3 Å². The minimum atomic E-state index is 0.684. The fraction of sp³-hybridized carbons (Fsp3) is 0.812. The summed E-state index contributed by atoms with van der Waals surface area (Å²) < 4.78 is 5.70. The number of hydrogen-bond donors (Lipinski definition) is 1. The standard InChI is InChI=1S/C16H29N3OS/c1-12(2)9-17-10-15-13(3)18-16(21-15)19(4)7-8-20-11-14-5-6-14/h12,14,17H,5-11H2,1-4H3. The molecule has 1 aliphatic rings. The van der Waals surface area contributed by atoms with E-state index in [0.717, 1.165) is 49.6 Å². The van der Waals surface area contributed by atoms with Crippen molar-refractivity contribution >= 4 is 16.5 Å². The van der Waals surface area contributed by atoms with E-state index in [1.165, 1.54) is 17.7 Å². The predicted molar refractivity (Wildman–Crippen MR) is 90.2 cm³/mol. The van der Waals surface area contributed by atoms with Crippen LogP contribution in [0.5, 0.6) is 0 Å². The van der Waals surface area contributed by atoms with E-state index in [1.54, 1.807) is 11.3 Å². The van der Waals surface area contributed by atoms with Crippen LogP contribution >= 0.6 is 11.3 Å². The molecule has 0 aliphatic heterocycles. The van der Waals surface area contributed by atoms with Gasteiger partial charge in [0.15, 0.2) is 5.13 Å². The number of rotatable bonds is 10. The summed E-state index contributed by atoms with van der Waals surface area (Å²) >= 11 is 1.79. The number of ether oxygens (including phenoxy) is 1. The van der Waals surface area contributed by atoms with Gasteiger partial charge in [0.2, 0.25) is 0 Å². The molecule has 1 aromatic heterocycles. The molecule has 1 aliphatic carbocycles. The van der Waals surface area contributed by atoms with E-state index in [4.69, 9.17) is 4.74 Å². The molecule has 1 N–H and O–H groups in total. The molecule has 120 valence electrons. The Morgan fingerprint density at radius 2 is 2.19 bits per heavy atom. The minimum Gasteiger partial charge on any atom is -0.379 e. The Morgan fingerprint density at radius 1 is 1.43 bits per heavy atom. The average molecular weight is 311 g/mol. The molecule has 0 amide bonds. The van der Waals surface area contributed by atoms with E-state index in [2.05, 4.69) is 43.0 Å². The maximum absolute atomic E-state index is 5.70. The second kappa shape index (κ2) is 8.11. The largest absolute Gasteiger partial charge is 0.379 e. The van der Waals surface area contributed by atoms with Crippen LogP contribution in [-0.4, -0.2) is 38.3 Å². The number of nitrogens with zero attached hydrogens (tertiary/aromatic N) is 2. The van der Waals surface area contributed by atoms with Crippen molar-refractivity contribution in [2.45, 2.75) is 40.2 Å². The molecular weight excluding hydrogens is 282 g/mol. The average Bonchev–Trinajstić information content (AvgIpc) is 3.18. The van der Waals surface area contributed by atoms with Crippen molar-refractivity contribution in [1.29, 1.82) is 0 Å². The van der Waals surface area contributed by atoms with E-state index in [1.807, 2.05) is 0 Å². The lowest BCUT2D eigenvalue weighted by molar-refractivity contribution is 0.131. The van der Waals surface area contributed by atoms with Crippen molar-refractivity contribution in [3.8, 4) is 0 Å². The Kier molecular flexibility index (Phi) is 6.45. The summed E-state index contributed by atoms with van der Waals surface area (Å²) in [5, 5.41) is 4.59. The monoisotopic (exact) mass is 311 g/mol. The topological polar surface area (TPSA) is 37.4 Å². The Morgan fingerprint density at radius 3 is 2.86 bits per heavy atom. The van der Waals surface area contributed by atoms with Gasteiger partial charge in [-0.05, 0) is 38.1 Å². The predicted octanol–water partition coefficient (Wildman–Crippen LogP) is 3.06. The zero-order valence-electron chi connectivity index (χ0n) is 13.8. The van der Waals surface area contributed by atoms with Gasteiger partial charge in [0.25, 0.3) is 0 Å². The minimum absolute atomic E-state index is 0.684. The van der Waals surface area contributed by atoms with Gasteiger partial charge in [-0.3, -0.25) is 0 Å². The van der Waals surface area contributed by atoms with Crippen LogP contribution in [-0.2, 0) is 11.3 Å². The Bertz CT molecular complexity index is 429. The SMILES string of the molecule is Cc1nc(N(C)CCOCC2CC2)sc1CNCC(C)C. The van der Waals surface area contributed by atoms with E-state index in [0.29, 0.717) is 5.92 Å². The van der Waals surface area contributed by atoms with E-state index < -0.39 is 0 Å². The van der Waals surface area contributed by atoms with Gasteiger partial charge in [-0.15, -0.1) is 11.3 Å². The number of likely N-dealkylation sites (N-methyl/N-ethyl adjacent to an activating group) is 1. The summed E-state index contributed by atoms with van der Waals surface area (Å²) in [6.45, 7) is 11.2. The third kappa shape index (κ3) is 5.93. The maximum atomic E-state index is 5.70. The van der Waals surface area contributed by atoms with E-state index >= 15 is 0 Å². The zero-order chi connectivity index (χ0) is 15.2. The molecule has 0 aromatic carbocycles. The lowest BCUT2D eigenvalue weighted by Crippen LogP contribution is -2.22. The number of aromatic nitrogens is 1. The molecule has 0 atom stereocenters. The van der Waals surface area contributed by atoms with Crippen LogP contribution in [0.4, 0.5) is 5.13 Å². The quantitative estimate of drug-likeness (QED) is 0.674. The molecule has 1 heterocycles. The van der Waals surface area contributed by atoms with Gasteiger partial charge >= 0.3 is 0 Å². The highest BCUT2D eigenvalue weighted by molar-refractivity contribution is 7.15. The van der Waals surface area contributed by atoms with Crippen LogP contribution in [0.2, 0.25) is 0 Å². The first-order valence-corrected chi connectivity index (χ1v) is 8.83. The normalized spacial score (nSPS) is 14.9. The zero-order valence-corrected chi connectivity index (χ0v) is 14.6. The number of anilines is 1. The van der Waals surface area contributed by atoms with Crippen LogP contribution in [0, 0.1) is 18.8 Å². The van der Waals surface area contributed by atoms with Gasteiger partial charge in [0.1, 0.15) is 0 Å². The highest BCUT2D eigenvalue weighted by Gasteiger charge is 2.21. The first kappa shape index (κ1) is 16.7. The van der Waals surface area contributed by atoms with Crippen LogP contribution in [0.25, 0.3) is 0 Å². The van der Waals surface area contributed by atoms with Gasteiger partial charge in [-0.1, -0.05) is 13.8 Å². The molecule has 0 saturated heterocycles. The maximum Gasteiger partial charge on any atom is 0.185 e. The smallest absolute Gasteiger partial charge is 0.185 e.